The molecule has 24 heavy (non-hydrogen) atoms. The molecule has 132 valence electrons. The Labute approximate surface area is 136 Å². The van der Waals surface area contributed by atoms with E-state index in [1.54, 1.807) is 0 Å². The Kier molecular flexibility index (Phi) is 4.10. The van der Waals surface area contributed by atoms with E-state index in [4.69, 9.17) is 13.7 Å². The normalized spacial score (nSPS) is 37.7. The van der Waals surface area contributed by atoms with Crippen LogP contribution in [0.4, 0.5) is 0 Å². The zero-order chi connectivity index (χ0) is 17.6. The van der Waals surface area contributed by atoms with Gasteiger partial charge in [-0.05, 0) is 0 Å². The second-order valence-electron chi connectivity index (χ2n) is 5.40. The first-order valence-corrected chi connectivity index (χ1v) is 8.41. The average Bonchev–Trinajstić information content (AvgIpc) is 3.12. The van der Waals surface area contributed by atoms with Crippen LogP contribution < -0.4 is 0 Å². The number of esters is 3. The summed E-state index contributed by atoms with van der Waals surface area (Å²) in [6.07, 6.45) is -3.31. The van der Waals surface area contributed by atoms with Gasteiger partial charge in [-0.3, -0.25) is 8.98 Å². The summed E-state index contributed by atoms with van der Waals surface area (Å²) in [7, 11) is -2.93. The van der Waals surface area contributed by atoms with Crippen LogP contribution in [0.1, 0.15) is 0 Å². The zero-order valence-electron chi connectivity index (χ0n) is 12.4. The van der Waals surface area contributed by atoms with Gasteiger partial charge in [0.05, 0.1) is 7.11 Å². The van der Waals surface area contributed by atoms with Gasteiger partial charge < -0.3 is 18.9 Å². The number of fused-ring (bicyclic) bond motifs is 1. The molecule has 3 rings (SSSR count). The first-order valence-electron chi connectivity index (χ1n) is 6.94. The molecular formula is C13H14O10S. The largest absolute Gasteiger partial charge is 0.469 e. The van der Waals surface area contributed by atoms with Crippen LogP contribution in [0, 0.1) is 5.92 Å². The number of ether oxygens (including phenoxy) is 4. The Morgan fingerprint density at radius 3 is 2.54 bits per heavy atom. The molecule has 0 aromatic carbocycles. The highest BCUT2D eigenvalue weighted by Gasteiger charge is 2.73. The van der Waals surface area contributed by atoms with Crippen molar-refractivity contribution >= 4 is 28.0 Å². The minimum atomic E-state index is -4.07. The topological polar surface area (TPSA) is 132 Å². The van der Waals surface area contributed by atoms with Crippen LogP contribution in [0.15, 0.2) is 12.7 Å². The van der Waals surface area contributed by atoms with E-state index in [1.165, 1.54) is 0 Å². The minimum Gasteiger partial charge on any atom is -0.469 e. The molecule has 0 N–H and O–H groups in total. The molecule has 6 unspecified atom stereocenters. The predicted octanol–water partition coefficient (Wildman–Crippen LogP) is -1.71. The summed E-state index contributed by atoms with van der Waals surface area (Å²) >= 11 is 0. The minimum absolute atomic E-state index is 0.720. The van der Waals surface area contributed by atoms with Gasteiger partial charge in [-0.2, -0.15) is 8.42 Å². The summed E-state index contributed by atoms with van der Waals surface area (Å²) in [6.45, 7) is 2.44. The van der Waals surface area contributed by atoms with Crippen LogP contribution in [-0.2, 0) is 47.6 Å². The maximum absolute atomic E-state index is 12.1. The number of carbonyl (C=O) groups excluding carboxylic acids is 3. The Balaban J connectivity index is 1.78. The molecule has 3 fully saturated rings. The van der Waals surface area contributed by atoms with Gasteiger partial charge in [0.2, 0.25) is 0 Å². The van der Waals surface area contributed by atoms with Gasteiger partial charge in [-0.25, -0.2) is 9.59 Å². The smallest absolute Gasteiger partial charge is 0.344 e. The monoisotopic (exact) mass is 362 g/mol. The van der Waals surface area contributed by atoms with Crippen LogP contribution in [-0.4, -0.2) is 69.7 Å². The highest BCUT2D eigenvalue weighted by atomic mass is 32.2. The van der Waals surface area contributed by atoms with Gasteiger partial charge in [-0.15, -0.1) is 0 Å². The lowest BCUT2D eigenvalue weighted by molar-refractivity contribution is -0.165. The number of hydrogen-bond acceptors (Lipinski definition) is 10. The van der Waals surface area contributed by atoms with Crippen molar-refractivity contribution in [1.29, 1.82) is 0 Å². The molecule has 0 aromatic rings. The standard InChI is InChI=1S/C13H14O10S/c1-3-5(14)20-4-6(15)21-10-8-7(13(16)19-2)9-11(22-8)12(10)24(17,18)23-9/h3,7-12H,1,4H2,2H3. The fraction of sp³-hybridized carbons (Fsp3) is 0.615. The fourth-order valence-corrected chi connectivity index (χ4v) is 4.98. The Hall–Kier alpha value is -1.98. The summed E-state index contributed by atoms with van der Waals surface area (Å²) in [5.41, 5.74) is 0. The molecule has 3 saturated heterocycles. The van der Waals surface area contributed by atoms with Crippen molar-refractivity contribution in [2.24, 2.45) is 5.92 Å². The second kappa shape index (κ2) is 5.83. The Morgan fingerprint density at radius 1 is 1.21 bits per heavy atom. The van der Waals surface area contributed by atoms with Gasteiger partial charge in [-0.1, -0.05) is 6.58 Å². The predicted molar refractivity (Wildman–Crippen MR) is 72.8 cm³/mol. The zero-order valence-corrected chi connectivity index (χ0v) is 13.3. The molecule has 2 bridgehead atoms. The third kappa shape index (κ3) is 2.48. The Bertz CT molecular complexity index is 698. The van der Waals surface area contributed by atoms with Crippen molar-refractivity contribution in [2.45, 2.75) is 29.7 Å². The van der Waals surface area contributed by atoms with Crippen LogP contribution in [0.5, 0.6) is 0 Å². The molecule has 3 heterocycles. The van der Waals surface area contributed by atoms with Crippen molar-refractivity contribution < 1.29 is 45.9 Å². The molecule has 0 saturated carbocycles. The van der Waals surface area contributed by atoms with Gasteiger partial charge in [0, 0.05) is 6.08 Å². The van der Waals surface area contributed by atoms with Crippen LogP contribution in [0.25, 0.3) is 0 Å². The van der Waals surface area contributed by atoms with Crippen molar-refractivity contribution in [3.05, 3.63) is 12.7 Å². The van der Waals surface area contributed by atoms with E-state index in [2.05, 4.69) is 16.1 Å². The summed E-state index contributed by atoms with van der Waals surface area (Å²) < 4.78 is 48.9. The summed E-state index contributed by atoms with van der Waals surface area (Å²) in [4.78, 5) is 34.6. The number of rotatable bonds is 5. The fourth-order valence-electron chi connectivity index (χ4n) is 3.23. The molecule has 3 aliphatic heterocycles. The Morgan fingerprint density at radius 2 is 1.92 bits per heavy atom. The second-order valence-corrected chi connectivity index (χ2v) is 7.12. The van der Waals surface area contributed by atoms with E-state index < -0.39 is 70.2 Å². The summed E-state index contributed by atoms with van der Waals surface area (Å²) in [5, 5.41) is -1.23. The van der Waals surface area contributed by atoms with Gasteiger partial charge in [0.15, 0.2) is 18.0 Å². The molecule has 0 spiro atoms. The molecule has 0 aliphatic carbocycles. The lowest BCUT2D eigenvalue weighted by Gasteiger charge is -2.26. The molecular weight excluding hydrogens is 348 g/mol. The lowest BCUT2D eigenvalue weighted by atomic mass is 9.84. The molecule has 0 amide bonds. The van der Waals surface area contributed by atoms with E-state index in [1.807, 2.05) is 0 Å². The summed E-state index contributed by atoms with van der Waals surface area (Å²) in [6, 6.07) is 0. The van der Waals surface area contributed by atoms with E-state index in [-0.39, 0.29) is 0 Å². The number of methoxy groups -OCH3 is 1. The first kappa shape index (κ1) is 16.9. The highest BCUT2D eigenvalue weighted by Crippen LogP contribution is 2.51. The van der Waals surface area contributed by atoms with E-state index in [0.717, 1.165) is 13.2 Å². The average molecular weight is 362 g/mol. The maximum Gasteiger partial charge on any atom is 0.344 e. The summed E-state index contributed by atoms with van der Waals surface area (Å²) in [5.74, 6) is -3.56. The number of hydrogen-bond donors (Lipinski definition) is 0. The van der Waals surface area contributed by atoms with Crippen LogP contribution >= 0.6 is 0 Å². The highest BCUT2D eigenvalue weighted by molar-refractivity contribution is 7.87. The van der Waals surface area contributed by atoms with Crippen molar-refractivity contribution in [3.8, 4) is 0 Å². The maximum atomic E-state index is 12.1. The van der Waals surface area contributed by atoms with E-state index in [0.29, 0.717) is 0 Å². The first-order chi connectivity index (χ1) is 11.3. The number of carbonyl (C=O) groups is 3. The third-order valence-electron chi connectivity index (χ3n) is 4.14. The molecule has 11 heteroatoms. The molecule has 3 aliphatic rings. The van der Waals surface area contributed by atoms with Crippen LogP contribution in [0.2, 0.25) is 0 Å². The lowest BCUT2D eigenvalue weighted by Crippen LogP contribution is -2.50. The molecule has 10 nitrogen and oxygen atoms in total. The van der Waals surface area contributed by atoms with Crippen molar-refractivity contribution in [3.63, 3.8) is 0 Å². The quantitative estimate of drug-likeness (QED) is 0.241. The third-order valence-corrected chi connectivity index (χ3v) is 5.83. The SMILES string of the molecule is C=CC(=O)OCC(=O)OC1C2OC3C(OS(=O)(=O)C13)C2C(=O)OC. The van der Waals surface area contributed by atoms with E-state index >= 15 is 0 Å². The molecule has 0 aromatic heterocycles. The van der Waals surface area contributed by atoms with Crippen LogP contribution in [0.3, 0.4) is 0 Å². The van der Waals surface area contributed by atoms with Crippen molar-refractivity contribution in [2.75, 3.05) is 13.7 Å². The van der Waals surface area contributed by atoms with Gasteiger partial charge in [0.1, 0.15) is 24.2 Å². The van der Waals surface area contributed by atoms with Gasteiger partial charge in [0.25, 0.3) is 10.1 Å². The molecule has 0 radical (unpaired) electrons. The van der Waals surface area contributed by atoms with Crippen molar-refractivity contribution in [1.82, 2.24) is 0 Å². The van der Waals surface area contributed by atoms with E-state index in [9.17, 15) is 22.8 Å². The molecule has 6 atom stereocenters. The van der Waals surface area contributed by atoms with Gasteiger partial charge >= 0.3 is 17.9 Å².